The molecule has 118 valence electrons. The summed E-state index contributed by atoms with van der Waals surface area (Å²) in [5.74, 6) is 0.0245. The van der Waals surface area contributed by atoms with Crippen molar-refractivity contribution in [3.63, 3.8) is 0 Å². The number of carbonyl (C=O) groups is 1. The molecule has 0 radical (unpaired) electrons. The Kier molecular flexibility index (Phi) is 5.95. The molecule has 0 heterocycles. The van der Waals surface area contributed by atoms with E-state index in [4.69, 9.17) is 11.6 Å². The van der Waals surface area contributed by atoms with Gasteiger partial charge in [-0.1, -0.05) is 59.7 Å². The Labute approximate surface area is 143 Å². The second-order valence-electron chi connectivity index (χ2n) is 5.82. The van der Waals surface area contributed by atoms with Gasteiger partial charge in [0.2, 0.25) is 0 Å². The van der Waals surface area contributed by atoms with Crippen molar-refractivity contribution >= 4 is 23.5 Å². The molecule has 0 bridgehead atoms. The van der Waals surface area contributed by atoms with Gasteiger partial charge in [-0.25, -0.2) is 0 Å². The lowest BCUT2D eigenvalue weighted by atomic mass is 9.96. The van der Waals surface area contributed by atoms with Crippen LogP contribution in [0.15, 0.2) is 60.2 Å². The topological polar surface area (TPSA) is 17.1 Å². The van der Waals surface area contributed by atoms with Gasteiger partial charge in [0.25, 0.3) is 0 Å². The average molecular weight is 325 g/mol. The maximum absolute atomic E-state index is 12.5. The lowest BCUT2D eigenvalue weighted by molar-refractivity contribution is 0.104. The number of carbonyl (C=O) groups excluding carboxylic acids is 1. The molecule has 0 atom stereocenters. The summed E-state index contributed by atoms with van der Waals surface area (Å²) in [6, 6.07) is 13.3. The van der Waals surface area contributed by atoms with Crippen LogP contribution in [0.3, 0.4) is 0 Å². The van der Waals surface area contributed by atoms with Gasteiger partial charge in [-0.05, 0) is 62.1 Å². The minimum atomic E-state index is 0.0245. The van der Waals surface area contributed by atoms with Crippen LogP contribution in [-0.4, -0.2) is 5.78 Å². The van der Waals surface area contributed by atoms with Gasteiger partial charge in [-0.3, -0.25) is 4.79 Å². The van der Waals surface area contributed by atoms with E-state index in [0.29, 0.717) is 5.02 Å². The Hall–Kier alpha value is -2.12. The molecule has 2 heteroatoms. The number of ketones is 1. The molecule has 0 fully saturated rings. The molecule has 0 aromatic heterocycles. The van der Waals surface area contributed by atoms with Gasteiger partial charge in [-0.2, -0.15) is 0 Å². The molecule has 0 N–H and O–H groups in total. The van der Waals surface area contributed by atoms with Crippen LogP contribution in [0, 0.1) is 6.92 Å². The van der Waals surface area contributed by atoms with Gasteiger partial charge in [0, 0.05) is 10.6 Å². The fourth-order valence-corrected chi connectivity index (χ4v) is 2.45. The SMILES string of the molecule is CC(C)=CCc1cccc(C(=O)/C=C/c2ccc(Cl)cc2)c1C. The zero-order valence-corrected chi connectivity index (χ0v) is 14.5. The standard InChI is InChI=1S/C21H21ClO/c1-15(2)7-11-18-5-4-6-20(16(18)3)21(23)14-10-17-8-12-19(22)13-9-17/h4-10,12-14H,11H2,1-3H3/b14-10+. The lowest BCUT2D eigenvalue weighted by Crippen LogP contribution is -2.01. The average Bonchev–Trinajstić information content (AvgIpc) is 2.53. The summed E-state index contributed by atoms with van der Waals surface area (Å²) < 4.78 is 0. The summed E-state index contributed by atoms with van der Waals surface area (Å²) in [6.07, 6.45) is 6.48. The highest BCUT2D eigenvalue weighted by Gasteiger charge is 2.08. The first-order chi connectivity index (χ1) is 11.0. The third-order valence-electron chi connectivity index (χ3n) is 3.74. The van der Waals surface area contributed by atoms with Gasteiger partial charge in [0.05, 0.1) is 0 Å². The highest BCUT2D eigenvalue weighted by Crippen LogP contribution is 2.17. The zero-order valence-electron chi connectivity index (χ0n) is 13.8. The Morgan fingerprint density at radius 1 is 1.09 bits per heavy atom. The Morgan fingerprint density at radius 3 is 2.43 bits per heavy atom. The molecule has 0 unspecified atom stereocenters. The van der Waals surface area contributed by atoms with Crippen molar-refractivity contribution in [1.29, 1.82) is 0 Å². The lowest BCUT2D eigenvalue weighted by Gasteiger charge is -2.08. The van der Waals surface area contributed by atoms with Crippen LogP contribution in [0.4, 0.5) is 0 Å². The fraction of sp³-hybridized carbons (Fsp3) is 0.190. The normalized spacial score (nSPS) is 10.8. The first-order valence-corrected chi connectivity index (χ1v) is 8.05. The van der Waals surface area contributed by atoms with Crippen molar-refractivity contribution in [2.24, 2.45) is 0 Å². The van der Waals surface area contributed by atoms with E-state index in [1.165, 1.54) is 11.1 Å². The molecular weight excluding hydrogens is 304 g/mol. The number of hydrogen-bond acceptors (Lipinski definition) is 1. The van der Waals surface area contributed by atoms with E-state index < -0.39 is 0 Å². The van der Waals surface area contributed by atoms with E-state index in [2.05, 4.69) is 26.0 Å². The predicted octanol–water partition coefficient (Wildman–Crippen LogP) is 6.05. The summed E-state index contributed by atoms with van der Waals surface area (Å²) in [5, 5.41) is 0.691. The van der Waals surface area contributed by atoms with Gasteiger partial charge in [0.15, 0.2) is 5.78 Å². The second-order valence-corrected chi connectivity index (χ2v) is 6.26. The summed E-state index contributed by atoms with van der Waals surface area (Å²) >= 11 is 5.86. The minimum absolute atomic E-state index is 0.0245. The molecular formula is C21H21ClO. The molecule has 2 aromatic carbocycles. The van der Waals surface area contributed by atoms with Gasteiger partial charge in [0.1, 0.15) is 0 Å². The molecule has 0 saturated heterocycles. The first-order valence-electron chi connectivity index (χ1n) is 7.67. The quantitative estimate of drug-likeness (QED) is 0.371. The van der Waals surface area contributed by atoms with Crippen molar-refractivity contribution < 1.29 is 4.79 Å². The van der Waals surface area contributed by atoms with E-state index in [1.54, 1.807) is 6.08 Å². The fourth-order valence-electron chi connectivity index (χ4n) is 2.32. The number of halogens is 1. The van der Waals surface area contributed by atoms with E-state index in [0.717, 1.165) is 23.1 Å². The first kappa shape index (κ1) is 17.2. The summed E-state index contributed by atoms with van der Waals surface area (Å²) in [4.78, 5) is 12.5. The summed E-state index contributed by atoms with van der Waals surface area (Å²) in [7, 11) is 0. The van der Waals surface area contributed by atoms with Crippen molar-refractivity contribution in [3.8, 4) is 0 Å². The summed E-state index contributed by atoms with van der Waals surface area (Å²) in [5.41, 5.74) is 5.24. The molecule has 23 heavy (non-hydrogen) atoms. The number of allylic oxidation sites excluding steroid dienone is 3. The maximum atomic E-state index is 12.5. The molecule has 0 aliphatic heterocycles. The molecule has 0 spiro atoms. The van der Waals surface area contributed by atoms with Crippen LogP contribution in [0.2, 0.25) is 5.02 Å². The number of rotatable bonds is 5. The van der Waals surface area contributed by atoms with E-state index >= 15 is 0 Å². The third kappa shape index (κ3) is 4.94. The van der Waals surface area contributed by atoms with Gasteiger partial charge >= 0.3 is 0 Å². The van der Waals surface area contributed by atoms with Crippen LogP contribution in [0.5, 0.6) is 0 Å². The predicted molar refractivity (Wildman–Crippen MR) is 99.1 cm³/mol. The smallest absolute Gasteiger partial charge is 0.186 e. The zero-order chi connectivity index (χ0) is 16.8. The third-order valence-corrected chi connectivity index (χ3v) is 3.99. The number of hydrogen-bond donors (Lipinski definition) is 0. The molecule has 2 rings (SSSR count). The monoisotopic (exact) mass is 324 g/mol. The van der Waals surface area contributed by atoms with E-state index in [1.807, 2.05) is 49.4 Å². The number of benzene rings is 2. The Morgan fingerprint density at radius 2 is 1.78 bits per heavy atom. The van der Waals surface area contributed by atoms with E-state index in [9.17, 15) is 4.79 Å². The molecule has 0 aliphatic carbocycles. The largest absolute Gasteiger partial charge is 0.289 e. The molecule has 1 nitrogen and oxygen atoms in total. The maximum Gasteiger partial charge on any atom is 0.186 e. The van der Waals surface area contributed by atoms with E-state index in [-0.39, 0.29) is 5.78 Å². The van der Waals surface area contributed by atoms with Crippen LogP contribution in [0.1, 0.15) is 40.9 Å². The van der Waals surface area contributed by atoms with Crippen molar-refractivity contribution in [2.45, 2.75) is 27.2 Å². The van der Waals surface area contributed by atoms with Crippen molar-refractivity contribution in [2.75, 3.05) is 0 Å². The summed E-state index contributed by atoms with van der Waals surface area (Å²) in [6.45, 7) is 6.18. The van der Waals surface area contributed by atoms with Crippen LogP contribution in [-0.2, 0) is 6.42 Å². The molecule has 2 aromatic rings. The Balaban J connectivity index is 2.20. The van der Waals surface area contributed by atoms with Gasteiger partial charge in [-0.15, -0.1) is 0 Å². The van der Waals surface area contributed by atoms with Crippen molar-refractivity contribution in [1.82, 2.24) is 0 Å². The molecule has 0 aliphatic rings. The molecule has 0 saturated carbocycles. The highest BCUT2D eigenvalue weighted by molar-refractivity contribution is 6.30. The van der Waals surface area contributed by atoms with Gasteiger partial charge < -0.3 is 0 Å². The van der Waals surface area contributed by atoms with Crippen LogP contribution in [0.25, 0.3) is 6.08 Å². The highest BCUT2D eigenvalue weighted by atomic mass is 35.5. The van der Waals surface area contributed by atoms with Crippen molar-refractivity contribution in [3.05, 3.63) is 87.5 Å². The second kappa shape index (κ2) is 7.94. The molecule has 0 amide bonds. The Bertz CT molecular complexity index is 748. The van der Waals surface area contributed by atoms with Crippen LogP contribution < -0.4 is 0 Å². The minimum Gasteiger partial charge on any atom is -0.289 e. The van der Waals surface area contributed by atoms with Crippen LogP contribution >= 0.6 is 11.6 Å².